The molecule has 1 aromatic heterocycles. The smallest absolute Gasteiger partial charge is 0.341 e. The van der Waals surface area contributed by atoms with Gasteiger partial charge in [0, 0.05) is 21.5 Å². The lowest BCUT2D eigenvalue weighted by Crippen LogP contribution is -2.09. The fourth-order valence-corrected chi connectivity index (χ4v) is 3.24. The number of para-hydroxylation sites is 1. The molecule has 0 fully saturated rings. The number of carbonyl (C=O) groups is 1. The average molecular weight is 397 g/mol. The SMILES string of the molecule is N#CC(=Cc1ccccc1OCC(=O)O)c1nc(-c2ccc(Cl)cc2)cs1. The zero-order valence-corrected chi connectivity index (χ0v) is 15.5. The standard InChI is InChI=1S/C20H13ClN2O3S/c21-16-7-5-13(6-8-16)17-12-27-20(23-17)15(10-22)9-14-3-1-2-4-18(14)26-11-19(24)25/h1-9,12H,11H2,(H,24,25). The topological polar surface area (TPSA) is 83.2 Å². The lowest BCUT2D eigenvalue weighted by molar-refractivity contribution is -0.139. The minimum absolute atomic E-state index is 0.367. The Morgan fingerprint density at radius 1 is 1.26 bits per heavy atom. The van der Waals surface area contributed by atoms with Gasteiger partial charge in [-0.05, 0) is 24.3 Å². The van der Waals surface area contributed by atoms with Crippen molar-refractivity contribution in [3.63, 3.8) is 0 Å². The van der Waals surface area contributed by atoms with E-state index in [-0.39, 0.29) is 0 Å². The summed E-state index contributed by atoms with van der Waals surface area (Å²) < 4.78 is 5.28. The van der Waals surface area contributed by atoms with Gasteiger partial charge in [-0.3, -0.25) is 0 Å². The number of aromatic nitrogens is 1. The number of thiazole rings is 1. The fourth-order valence-electron chi connectivity index (χ4n) is 2.32. The third-order valence-electron chi connectivity index (χ3n) is 3.57. The molecule has 27 heavy (non-hydrogen) atoms. The van der Waals surface area contributed by atoms with Crippen LogP contribution >= 0.6 is 22.9 Å². The van der Waals surface area contributed by atoms with Crippen LogP contribution in [0.25, 0.3) is 22.9 Å². The van der Waals surface area contributed by atoms with Crippen LogP contribution in [0.1, 0.15) is 10.6 Å². The Bertz CT molecular complexity index is 1040. The number of hydrogen-bond acceptors (Lipinski definition) is 5. The van der Waals surface area contributed by atoms with Gasteiger partial charge in [0.1, 0.15) is 16.8 Å². The highest BCUT2D eigenvalue weighted by molar-refractivity contribution is 7.11. The van der Waals surface area contributed by atoms with Crippen molar-refractivity contribution in [1.82, 2.24) is 4.98 Å². The molecule has 3 rings (SSSR count). The summed E-state index contributed by atoms with van der Waals surface area (Å²) >= 11 is 7.26. The molecule has 2 aromatic carbocycles. The molecule has 0 radical (unpaired) electrons. The molecule has 7 heteroatoms. The number of nitriles is 1. The predicted molar refractivity (Wildman–Crippen MR) is 106 cm³/mol. The van der Waals surface area contributed by atoms with Gasteiger partial charge in [-0.25, -0.2) is 9.78 Å². The van der Waals surface area contributed by atoms with Crippen LogP contribution in [0.4, 0.5) is 0 Å². The van der Waals surface area contributed by atoms with E-state index in [9.17, 15) is 10.1 Å². The lowest BCUT2D eigenvalue weighted by Gasteiger charge is -2.07. The normalized spacial score (nSPS) is 11.0. The molecule has 0 saturated carbocycles. The third-order valence-corrected chi connectivity index (χ3v) is 4.69. The first-order chi connectivity index (χ1) is 13.1. The number of nitrogens with zero attached hydrogens (tertiary/aromatic N) is 2. The highest BCUT2D eigenvalue weighted by atomic mass is 35.5. The van der Waals surface area contributed by atoms with E-state index in [1.165, 1.54) is 11.3 Å². The van der Waals surface area contributed by atoms with Crippen molar-refractivity contribution in [2.24, 2.45) is 0 Å². The van der Waals surface area contributed by atoms with Crippen LogP contribution in [0.15, 0.2) is 53.9 Å². The average Bonchev–Trinajstić information content (AvgIpc) is 3.15. The molecule has 0 spiro atoms. The van der Waals surface area contributed by atoms with Gasteiger partial charge in [-0.1, -0.05) is 41.9 Å². The number of halogens is 1. The molecule has 134 valence electrons. The van der Waals surface area contributed by atoms with Crippen LogP contribution in [0.3, 0.4) is 0 Å². The van der Waals surface area contributed by atoms with E-state index < -0.39 is 12.6 Å². The van der Waals surface area contributed by atoms with E-state index in [0.29, 0.717) is 26.9 Å². The van der Waals surface area contributed by atoms with Gasteiger partial charge in [0.2, 0.25) is 0 Å². The molecule has 0 unspecified atom stereocenters. The number of allylic oxidation sites excluding steroid dienone is 1. The monoisotopic (exact) mass is 396 g/mol. The molecule has 3 aromatic rings. The minimum atomic E-state index is -1.07. The van der Waals surface area contributed by atoms with E-state index in [2.05, 4.69) is 11.1 Å². The molecule has 5 nitrogen and oxygen atoms in total. The van der Waals surface area contributed by atoms with Crippen molar-refractivity contribution in [2.75, 3.05) is 6.61 Å². The quantitative estimate of drug-likeness (QED) is 0.593. The molecule has 0 aliphatic rings. The summed E-state index contributed by atoms with van der Waals surface area (Å²) in [5.41, 5.74) is 2.64. The second-order valence-electron chi connectivity index (χ2n) is 5.43. The van der Waals surface area contributed by atoms with Gasteiger partial charge in [0.25, 0.3) is 0 Å². The van der Waals surface area contributed by atoms with Crippen molar-refractivity contribution < 1.29 is 14.6 Å². The van der Waals surface area contributed by atoms with Crippen molar-refractivity contribution in [3.8, 4) is 23.1 Å². The number of aliphatic carboxylic acids is 1. The minimum Gasteiger partial charge on any atom is -0.481 e. The van der Waals surface area contributed by atoms with Gasteiger partial charge >= 0.3 is 5.97 Å². The third kappa shape index (κ3) is 4.73. The van der Waals surface area contributed by atoms with E-state index in [4.69, 9.17) is 21.4 Å². The first-order valence-corrected chi connectivity index (χ1v) is 9.10. The van der Waals surface area contributed by atoms with Crippen molar-refractivity contribution in [1.29, 1.82) is 5.26 Å². The van der Waals surface area contributed by atoms with E-state index in [1.807, 2.05) is 17.5 Å². The Labute approximate surface area is 164 Å². The number of ether oxygens (including phenoxy) is 1. The Balaban J connectivity index is 1.91. The zero-order chi connectivity index (χ0) is 19.2. The molecular weight excluding hydrogens is 384 g/mol. The molecule has 0 atom stereocenters. The lowest BCUT2D eigenvalue weighted by atomic mass is 10.1. The number of benzene rings is 2. The number of hydrogen-bond donors (Lipinski definition) is 1. The maximum atomic E-state index is 10.7. The van der Waals surface area contributed by atoms with Gasteiger partial charge in [-0.15, -0.1) is 11.3 Å². The van der Waals surface area contributed by atoms with Gasteiger partial charge in [0.05, 0.1) is 11.3 Å². The Morgan fingerprint density at radius 2 is 2.00 bits per heavy atom. The van der Waals surface area contributed by atoms with E-state index >= 15 is 0 Å². The van der Waals surface area contributed by atoms with Crippen molar-refractivity contribution in [2.45, 2.75) is 0 Å². The number of rotatable bonds is 6. The van der Waals surface area contributed by atoms with E-state index in [0.717, 1.165) is 11.3 Å². The summed E-state index contributed by atoms with van der Waals surface area (Å²) in [4.78, 5) is 15.3. The number of carboxylic acid groups (broad SMARTS) is 1. The molecule has 0 saturated heterocycles. The summed E-state index contributed by atoms with van der Waals surface area (Å²) in [5.74, 6) is -0.677. The fraction of sp³-hybridized carbons (Fsp3) is 0.0500. The highest BCUT2D eigenvalue weighted by Crippen LogP contribution is 2.29. The maximum Gasteiger partial charge on any atom is 0.341 e. The molecule has 1 heterocycles. The van der Waals surface area contributed by atoms with Gasteiger partial charge in [-0.2, -0.15) is 5.26 Å². The van der Waals surface area contributed by atoms with Crippen LogP contribution in [0.2, 0.25) is 5.02 Å². The Hall–Kier alpha value is -3.14. The molecule has 0 amide bonds. The largest absolute Gasteiger partial charge is 0.481 e. The molecule has 0 aliphatic carbocycles. The van der Waals surface area contributed by atoms with Crippen LogP contribution < -0.4 is 4.74 Å². The summed E-state index contributed by atoms with van der Waals surface area (Å²) in [6.07, 6.45) is 1.64. The first-order valence-electron chi connectivity index (χ1n) is 7.84. The molecule has 0 aliphatic heterocycles. The maximum absolute atomic E-state index is 10.7. The van der Waals surface area contributed by atoms with Crippen LogP contribution in [0.5, 0.6) is 5.75 Å². The predicted octanol–water partition coefficient (Wildman–Crippen LogP) is 4.99. The molecule has 0 bridgehead atoms. The summed E-state index contributed by atoms with van der Waals surface area (Å²) in [6, 6.07) is 16.4. The summed E-state index contributed by atoms with van der Waals surface area (Å²) in [5, 5.41) is 21.4. The first kappa shape index (κ1) is 18.6. The summed E-state index contributed by atoms with van der Waals surface area (Å²) in [7, 11) is 0. The second-order valence-corrected chi connectivity index (χ2v) is 6.73. The Morgan fingerprint density at radius 3 is 2.70 bits per heavy atom. The van der Waals surface area contributed by atoms with Crippen LogP contribution in [-0.4, -0.2) is 22.7 Å². The zero-order valence-electron chi connectivity index (χ0n) is 13.9. The van der Waals surface area contributed by atoms with Crippen LogP contribution in [-0.2, 0) is 4.79 Å². The molecule has 1 N–H and O–H groups in total. The van der Waals surface area contributed by atoms with Gasteiger partial charge in [0.15, 0.2) is 6.61 Å². The van der Waals surface area contributed by atoms with E-state index in [1.54, 1.807) is 42.5 Å². The molecular formula is C20H13ClN2O3S. The van der Waals surface area contributed by atoms with Crippen molar-refractivity contribution in [3.05, 3.63) is 69.5 Å². The number of carboxylic acids is 1. The van der Waals surface area contributed by atoms with Crippen LogP contribution in [0, 0.1) is 11.3 Å². The summed E-state index contributed by atoms with van der Waals surface area (Å²) in [6.45, 7) is -0.454. The second kappa shape index (κ2) is 8.49. The van der Waals surface area contributed by atoms with Crippen molar-refractivity contribution >= 4 is 40.6 Å². The highest BCUT2D eigenvalue weighted by Gasteiger charge is 2.11. The van der Waals surface area contributed by atoms with Gasteiger partial charge < -0.3 is 9.84 Å². The Kier molecular flexibility index (Phi) is 5.87.